The predicted octanol–water partition coefficient (Wildman–Crippen LogP) is 2.28. The molecule has 0 aliphatic heterocycles. The van der Waals surface area contributed by atoms with E-state index in [1.807, 2.05) is 0 Å². The van der Waals surface area contributed by atoms with Crippen LogP contribution in [-0.2, 0) is 21.1 Å². The predicted molar refractivity (Wildman–Crippen MR) is 84.9 cm³/mol. The Balaban J connectivity index is 2.12. The molecule has 22 heavy (non-hydrogen) atoms. The van der Waals surface area contributed by atoms with Crippen LogP contribution in [0.5, 0.6) is 5.75 Å². The van der Waals surface area contributed by atoms with Gasteiger partial charge in [-0.25, -0.2) is 8.42 Å². The lowest BCUT2D eigenvalue weighted by molar-refractivity contribution is -0.115. The molecule has 2 rings (SSSR count). The summed E-state index contributed by atoms with van der Waals surface area (Å²) in [6, 6.07) is 13.4. The van der Waals surface area contributed by atoms with Gasteiger partial charge in [0, 0.05) is 11.9 Å². The van der Waals surface area contributed by atoms with Gasteiger partial charge in [0.05, 0.1) is 18.4 Å². The van der Waals surface area contributed by atoms with Crippen molar-refractivity contribution >= 4 is 21.4 Å². The Bertz CT molecular complexity index is 767. The van der Waals surface area contributed by atoms with Gasteiger partial charge in [-0.15, -0.1) is 0 Å². The van der Waals surface area contributed by atoms with Crippen molar-refractivity contribution in [2.75, 3.05) is 18.7 Å². The van der Waals surface area contributed by atoms with Crippen LogP contribution in [0.4, 0.5) is 5.69 Å². The van der Waals surface area contributed by atoms with Crippen molar-refractivity contribution in [1.82, 2.24) is 0 Å². The molecule has 0 aliphatic carbocycles. The Morgan fingerprint density at radius 1 is 1.09 bits per heavy atom. The van der Waals surface area contributed by atoms with Crippen molar-refractivity contribution in [2.45, 2.75) is 11.3 Å². The second-order valence-corrected chi connectivity index (χ2v) is 6.82. The molecule has 116 valence electrons. The molecule has 0 aliphatic rings. The molecule has 1 N–H and O–H groups in total. The first kappa shape index (κ1) is 16.0. The zero-order valence-electron chi connectivity index (χ0n) is 12.4. The molecule has 0 saturated heterocycles. The lowest BCUT2D eigenvalue weighted by Crippen LogP contribution is -2.16. The number of carbonyl (C=O) groups is 1. The maximum Gasteiger partial charge on any atom is 0.228 e. The summed E-state index contributed by atoms with van der Waals surface area (Å²) in [5, 5.41) is 2.73. The van der Waals surface area contributed by atoms with Crippen LogP contribution < -0.4 is 10.1 Å². The van der Waals surface area contributed by atoms with Crippen molar-refractivity contribution in [3.8, 4) is 5.75 Å². The van der Waals surface area contributed by atoms with Crippen molar-refractivity contribution in [2.24, 2.45) is 0 Å². The number of hydrogen-bond donors (Lipinski definition) is 1. The third kappa shape index (κ3) is 4.08. The average Bonchev–Trinajstić information content (AvgIpc) is 2.47. The number of carbonyl (C=O) groups excluding carboxylic acids is 1. The molecule has 0 saturated carbocycles. The van der Waals surface area contributed by atoms with Gasteiger partial charge in [0.2, 0.25) is 5.91 Å². The average molecular weight is 319 g/mol. The second kappa shape index (κ2) is 6.62. The van der Waals surface area contributed by atoms with Gasteiger partial charge in [0.25, 0.3) is 0 Å². The van der Waals surface area contributed by atoms with Crippen molar-refractivity contribution in [3.05, 3.63) is 54.1 Å². The summed E-state index contributed by atoms with van der Waals surface area (Å²) in [5.41, 5.74) is 1.11. The van der Waals surface area contributed by atoms with E-state index in [9.17, 15) is 13.2 Å². The highest BCUT2D eigenvalue weighted by Gasteiger charge is 2.15. The number of rotatable bonds is 5. The minimum Gasteiger partial charge on any atom is -0.497 e. The quantitative estimate of drug-likeness (QED) is 0.917. The molecule has 6 heteroatoms. The molecule has 0 atom stereocenters. The third-order valence-corrected chi connectivity index (χ3v) is 4.29. The first-order valence-corrected chi connectivity index (χ1v) is 8.51. The zero-order chi connectivity index (χ0) is 16.2. The summed E-state index contributed by atoms with van der Waals surface area (Å²) < 4.78 is 28.5. The molecule has 0 unspecified atom stereocenters. The van der Waals surface area contributed by atoms with Gasteiger partial charge < -0.3 is 10.1 Å². The lowest BCUT2D eigenvalue weighted by atomic mass is 10.1. The normalized spacial score (nSPS) is 11.0. The van der Waals surface area contributed by atoms with Gasteiger partial charge in [-0.2, -0.15) is 0 Å². The van der Waals surface area contributed by atoms with Gasteiger partial charge in [0.15, 0.2) is 9.84 Å². The third-order valence-electron chi connectivity index (χ3n) is 3.10. The molecule has 0 radical (unpaired) electrons. The number of ether oxygens (including phenoxy) is 1. The number of sulfone groups is 1. The lowest BCUT2D eigenvalue weighted by Gasteiger charge is -2.09. The van der Waals surface area contributed by atoms with Crippen LogP contribution in [0.2, 0.25) is 0 Å². The Morgan fingerprint density at radius 2 is 1.73 bits per heavy atom. The summed E-state index contributed by atoms with van der Waals surface area (Å²) in [7, 11) is -1.79. The molecule has 2 aromatic rings. The van der Waals surface area contributed by atoms with Gasteiger partial charge in [-0.3, -0.25) is 4.79 Å². The van der Waals surface area contributed by atoms with Crippen LogP contribution in [0.15, 0.2) is 53.4 Å². The summed E-state index contributed by atoms with van der Waals surface area (Å²) in [6.07, 6.45) is 1.13. The molecule has 0 bridgehead atoms. The van der Waals surface area contributed by atoms with Gasteiger partial charge in [0.1, 0.15) is 5.75 Å². The number of hydrogen-bond acceptors (Lipinski definition) is 4. The highest BCUT2D eigenvalue weighted by Crippen LogP contribution is 2.18. The van der Waals surface area contributed by atoms with Crippen LogP contribution in [0.3, 0.4) is 0 Å². The van der Waals surface area contributed by atoms with Crippen LogP contribution in [0, 0.1) is 0 Å². The van der Waals surface area contributed by atoms with E-state index in [1.165, 1.54) is 6.07 Å². The second-order valence-electron chi connectivity index (χ2n) is 4.83. The summed E-state index contributed by atoms with van der Waals surface area (Å²) >= 11 is 0. The molecular weight excluding hydrogens is 302 g/mol. The van der Waals surface area contributed by atoms with Crippen LogP contribution in [0.1, 0.15) is 5.56 Å². The number of amides is 1. The Morgan fingerprint density at radius 3 is 2.32 bits per heavy atom. The maximum atomic E-state index is 12.1. The van der Waals surface area contributed by atoms with E-state index in [2.05, 4.69) is 5.32 Å². The minimum absolute atomic E-state index is 0.00469. The van der Waals surface area contributed by atoms with E-state index in [0.717, 1.165) is 6.26 Å². The van der Waals surface area contributed by atoms with E-state index < -0.39 is 9.84 Å². The molecule has 1 amide bonds. The van der Waals surface area contributed by atoms with Crippen molar-refractivity contribution in [1.29, 1.82) is 0 Å². The van der Waals surface area contributed by atoms with E-state index in [4.69, 9.17) is 4.74 Å². The molecular formula is C16H17NO4S. The number of anilines is 1. The molecule has 0 aromatic heterocycles. The summed E-state index contributed by atoms with van der Waals surface area (Å²) in [6.45, 7) is 0. The zero-order valence-corrected chi connectivity index (χ0v) is 13.2. The monoisotopic (exact) mass is 319 g/mol. The highest BCUT2D eigenvalue weighted by atomic mass is 32.2. The van der Waals surface area contributed by atoms with Crippen LogP contribution in [-0.4, -0.2) is 27.7 Å². The van der Waals surface area contributed by atoms with Gasteiger partial charge >= 0.3 is 0 Å². The van der Waals surface area contributed by atoms with Crippen molar-refractivity contribution < 1.29 is 17.9 Å². The van der Waals surface area contributed by atoms with Gasteiger partial charge in [-0.05, 0) is 35.9 Å². The number of methoxy groups -OCH3 is 1. The first-order valence-electron chi connectivity index (χ1n) is 6.62. The Labute approximate surface area is 129 Å². The SMILES string of the molecule is COc1ccc(NC(=O)Cc2ccccc2S(C)(=O)=O)cc1. The molecule has 0 heterocycles. The number of nitrogens with one attached hydrogen (secondary N) is 1. The summed E-state index contributed by atoms with van der Waals surface area (Å²) in [4.78, 5) is 12.3. The van der Waals surface area contributed by atoms with E-state index >= 15 is 0 Å². The Hall–Kier alpha value is -2.34. The molecule has 5 nitrogen and oxygen atoms in total. The minimum atomic E-state index is -3.36. The fourth-order valence-corrected chi connectivity index (χ4v) is 3.01. The Kier molecular flexibility index (Phi) is 4.82. The van der Waals surface area contributed by atoms with Crippen LogP contribution in [0.25, 0.3) is 0 Å². The smallest absolute Gasteiger partial charge is 0.228 e. The van der Waals surface area contributed by atoms with Crippen LogP contribution >= 0.6 is 0 Å². The van der Waals surface area contributed by atoms with E-state index in [-0.39, 0.29) is 17.2 Å². The van der Waals surface area contributed by atoms with E-state index in [0.29, 0.717) is 17.0 Å². The maximum absolute atomic E-state index is 12.1. The largest absolute Gasteiger partial charge is 0.497 e. The fraction of sp³-hybridized carbons (Fsp3) is 0.188. The van der Waals surface area contributed by atoms with Gasteiger partial charge in [-0.1, -0.05) is 18.2 Å². The summed E-state index contributed by atoms with van der Waals surface area (Å²) in [5.74, 6) is 0.418. The highest BCUT2D eigenvalue weighted by molar-refractivity contribution is 7.90. The number of benzene rings is 2. The fourth-order valence-electron chi connectivity index (χ4n) is 2.06. The topological polar surface area (TPSA) is 72.5 Å². The van der Waals surface area contributed by atoms with E-state index in [1.54, 1.807) is 49.6 Å². The molecule has 0 fully saturated rings. The first-order chi connectivity index (χ1) is 10.4. The van der Waals surface area contributed by atoms with Crippen molar-refractivity contribution in [3.63, 3.8) is 0 Å². The standard InChI is InChI=1S/C16H17NO4S/c1-21-14-9-7-13(8-10-14)17-16(18)11-12-5-3-4-6-15(12)22(2,19)20/h3-10H,11H2,1-2H3,(H,17,18). The molecule has 0 spiro atoms. The molecule has 2 aromatic carbocycles.